The van der Waals surface area contributed by atoms with Gasteiger partial charge < -0.3 is 10.3 Å². The number of nitrogens with one attached hydrogen (secondary N) is 2. The molecule has 3 aromatic rings. The van der Waals surface area contributed by atoms with Crippen LogP contribution in [-0.2, 0) is 21.2 Å². The second kappa shape index (κ2) is 7.67. The molecule has 2 aromatic carbocycles. The Balaban J connectivity index is 1.60. The molecule has 0 bridgehead atoms. The van der Waals surface area contributed by atoms with E-state index in [2.05, 4.69) is 10.3 Å². The summed E-state index contributed by atoms with van der Waals surface area (Å²) in [6.45, 7) is 0. The van der Waals surface area contributed by atoms with Crippen molar-refractivity contribution in [3.05, 3.63) is 71.0 Å². The maximum Gasteiger partial charge on any atom is 0.238 e. The number of nitrogens with two attached hydrogens (primary N) is 1. The summed E-state index contributed by atoms with van der Waals surface area (Å²) < 4.78 is 24.4. The van der Waals surface area contributed by atoms with Crippen molar-refractivity contribution in [1.82, 2.24) is 4.98 Å². The van der Waals surface area contributed by atoms with Gasteiger partial charge in [-0.15, -0.1) is 0 Å². The van der Waals surface area contributed by atoms with E-state index in [1.54, 1.807) is 42.6 Å². The third-order valence-electron chi connectivity index (χ3n) is 4.91. The van der Waals surface area contributed by atoms with Crippen molar-refractivity contribution in [2.24, 2.45) is 5.14 Å². The maximum absolute atomic E-state index is 12.4. The lowest BCUT2D eigenvalue weighted by Gasteiger charge is -2.11. The third kappa shape index (κ3) is 4.53. The molecule has 1 aliphatic rings. The fourth-order valence-electron chi connectivity index (χ4n) is 3.29. The lowest BCUT2D eigenvalue weighted by molar-refractivity contribution is -0.115. The Morgan fingerprint density at radius 2 is 1.93 bits per heavy atom. The van der Waals surface area contributed by atoms with E-state index >= 15 is 0 Å². The van der Waals surface area contributed by atoms with Gasteiger partial charge in [-0.05, 0) is 48.6 Å². The predicted octanol–water partition coefficient (Wildman–Crippen LogP) is 4.04. The highest BCUT2D eigenvalue weighted by Gasteiger charge is 2.26. The highest BCUT2D eigenvalue weighted by molar-refractivity contribution is 7.89. The van der Waals surface area contributed by atoms with Crippen LogP contribution < -0.4 is 10.5 Å². The smallest absolute Gasteiger partial charge is 0.238 e. The van der Waals surface area contributed by atoms with Crippen molar-refractivity contribution < 1.29 is 13.2 Å². The van der Waals surface area contributed by atoms with Crippen LogP contribution in [0, 0.1) is 0 Å². The van der Waals surface area contributed by atoms with Crippen LogP contribution in [0.5, 0.6) is 0 Å². The Hall–Kier alpha value is -2.61. The maximum atomic E-state index is 12.4. The van der Waals surface area contributed by atoms with Gasteiger partial charge in [-0.25, -0.2) is 13.6 Å². The molecule has 4 N–H and O–H groups in total. The molecule has 8 heteroatoms. The van der Waals surface area contributed by atoms with Gasteiger partial charge >= 0.3 is 0 Å². The molecule has 1 heterocycles. The van der Waals surface area contributed by atoms with Gasteiger partial charge in [0.15, 0.2) is 0 Å². The normalized spacial score (nSPS) is 14.0. The summed E-state index contributed by atoms with van der Waals surface area (Å²) in [6, 6.07) is 13.7. The number of primary sulfonamides is 1. The van der Waals surface area contributed by atoms with Crippen molar-refractivity contribution in [3.63, 3.8) is 0 Å². The van der Waals surface area contributed by atoms with E-state index in [0.717, 1.165) is 24.1 Å². The summed E-state index contributed by atoms with van der Waals surface area (Å²) in [5, 5.41) is 8.67. The standard InChI is InChI=1S/C21H20ClN3O3S/c22-18-4-2-1-3-14(18)10-21(26)25-16-7-8-17(20(11-16)29(23,27)28)15-9-19(24-12-15)13-5-6-13/h1-4,7-9,11-13,24H,5-6,10H2,(H,25,26)(H2,23,27,28). The van der Waals surface area contributed by atoms with Crippen LogP contribution in [-0.4, -0.2) is 19.3 Å². The van der Waals surface area contributed by atoms with Crippen molar-refractivity contribution >= 4 is 33.2 Å². The second-order valence-corrected chi connectivity index (χ2v) is 9.13. The molecule has 1 saturated carbocycles. The Morgan fingerprint density at radius 1 is 1.17 bits per heavy atom. The Labute approximate surface area is 174 Å². The van der Waals surface area contributed by atoms with Crippen LogP contribution in [0.3, 0.4) is 0 Å². The van der Waals surface area contributed by atoms with E-state index in [1.165, 1.54) is 6.07 Å². The number of amides is 1. The molecule has 29 heavy (non-hydrogen) atoms. The molecule has 0 atom stereocenters. The molecule has 0 spiro atoms. The molecule has 4 rings (SSSR count). The first-order valence-electron chi connectivity index (χ1n) is 9.20. The minimum atomic E-state index is -3.99. The first kappa shape index (κ1) is 19.7. The SMILES string of the molecule is NS(=O)(=O)c1cc(NC(=O)Cc2ccccc2Cl)ccc1-c1c[nH]c(C2CC2)c1. The van der Waals surface area contributed by atoms with Gasteiger partial charge in [0.1, 0.15) is 0 Å². The molecular formula is C21H20ClN3O3S. The summed E-state index contributed by atoms with van der Waals surface area (Å²) in [5.41, 5.74) is 3.39. The van der Waals surface area contributed by atoms with Crippen LogP contribution in [0.1, 0.15) is 30.0 Å². The lowest BCUT2D eigenvalue weighted by atomic mass is 10.1. The van der Waals surface area contributed by atoms with E-state index in [4.69, 9.17) is 16.7 Å². The molecule has 6 nitrogen and oxygen atoms in total. The molecule has 0 radical (unpaired) electrons. The number of sulfonamides is 1. The average Bonchev–Trinajstić information content (AvgIpc) is 3.40. The quantitative estimate of drug-likeness (QED) is 0.550. The van der Waals surface area contributed by atoms with Gasteiger partial charge in [0, 0.05) is 33.7 Å². The molecule has 1 aromatic heterocycles. The van der Waals surface area contributed by atoms with Crippen molar-refractivity contribution in [1.29, 1.82) is 0 Å². The van der Waals surface area contributed by atoms with Crippen molar-refractivity contribution in [3.8, 4) is 11.1 Å². The molecule has 0 aliphatic heterocycles. The van der Waals surface area contributed by atoms with E-state index in [1.807, 2.05) is 6.07 Å². The number of anilines is 1. The zero-order valence-corrected chi connectivity index (χ0v) is 17.1. The molecule has 150 valence electrons. The highest BCUT2D eigenvalue weighted by atomic mass is 35.5. The van der Waals surface area contributed by atoms with Gasteiger partial charge in [0.2, 0.25) is 15.9 Å². The summed E-state index contributed by atoms with van der Waals surface area (Å²) in [6.07, 6.45) is 4.14. The number of carbonyl (C=O) groups is 1. The molecule has 1 amide bonds. The monoisotopic (exact) mass is 429 g/mol. The molecule has 0 saturated heterocycles. The molecule has 1 aliphatic carbocycles. The number of hydrogen-bond donors (Lipinski definition) is 3. The second-order valence-electron chi connectivity index (χ2n) is 7.19. The van der Waals surface area contributed by atoms with Gasteiger partial charge in [0.05, 0.1) is 11.3 Å². The van der Waals surface area contributed by atoms with Gasteiger partial charge in [-0.2, -0.15) is 0 Å². The Kier molecular flexibility index (Phi) is 5.21. The van der Waals surface area contributed by atoms with Crippen LogP contribution in [0.2, 0.25) is 5.02 Å². The predicted molar refractivity (Wildman–Crippen MR) is 113 cm³/mol. The van der Waals surface area contributed by atoms with Crippen molar-refractivity contribution in [2.45, 2.75) is 30.1 Å². The van der Waals surface area contributed by atoms with E-state index in [-0.39, 0.29) is 17.2 Å². The first-order valence-corrected chi connectivity index (χ1v) is 11.1. The Morgan fingerprint density at radius 3 is 2.62 bits per heavy atom. The number of carbonyl (C=O) groups excluding carboxylic acids is 1. The summed E-state index contributed by atoms with van der Waals surface area (Å²) in [7, 11) is -3.99. The zero-order chi connectivity index (χ0) is 20.6. The largest absolute Gasteiger partial charge is 0.364 e. The molecule has 0 unspecified atom stereocenters. The van der Waals surface area contributed by atoms with Crippen LogP contribution in [0.25, 0.3) is 11.1 Å². The first-order chi connectivity index (χ1) is 13.8. The van der Waals surface area contributed by atoms with Crippen LogP contribution in [0.15, 0.2) is 59.6 Å². The third-order valence-corrected chi connectivity index (χ3v) is 6.23. The zero-order valence-electron chi connectivity index (χ0n) is 15.5. The summed E-state index contributed by atoms with van der Waals surface area (Å²) in [4.78, 5) is 15.6. The number of rotatable bonds is 6. The summed E-state index contributed by atoms with van der Waals surface area (Å²) >= 11 is 6.09. The van der Waals surface area contributed by atoms with E-state index < -0.39 is 10.0 Å². The fraction of sp³-hybridized carbons (Fsp3) is 0.190. The number of aromatic nitrogens is 1. The number of hydrogen-bond acceptors (Lipinski definition) is 3. The van der Waals surface area contributed by atoms with Gasteiger partial charge in [0.25, 0.3) is 0 Å². The molecular weight excluding hydrogens is 410 g/mol. The minimum absolute atomic E-state index is 0.0330. The van der Waals surface area contributed by atoms with E-state index in [0.29, 0.717) is 27.8 Å². The van der Waals surface area contributed by atoms with Crippen LogP contribution in [0.4, 0.5) is 5.69 Å². The fourth-order valence-corrected chi connectivity index (χ4v) is 4.28. The summed E-state index contributed by atoms with van der Waals surface area (Å²) in [5.74, 6) is 0.217. The number of aromatic amines is 1. The van der Waals surface area contributed by atoms with Gasteiger partial charge in [-0.3, -0.25) is 4.79 Å². The topological polar surface area (TPSA) is 105 Å². The van der Waals surface area contributed by atoms with E-state index in [9.17, 15) is 13.2 Å². The van der Waals surface area contributed by atoms with Gasteiger partial charge in [-0.1, -0.05) is 35.9 Å². The Bertz CT molecular complexity index is 1180. The average molecular weight is 430 g/mol. The number of benzene rings is 2. The minimum Gasteiger partial charge on any atom is -0.364 e. The lowest BCUT2D eigenvalue weighted by Crippen LogP contribution is -2.17. The number of H-pyrrole nitrogens is 1. The van der Waals surface area contributed by atoms with Crippen molar-refractivity contribution in [2.75, 3.05) is 5.32 Å². The highest BCUT2D eigenvalue weighted by Crippen LogP contribution is 2.41. The molecule has 1 fully saturated rings. The number of halogens is 1. The van der Waals surface area contributed by atoms with Crippen LogP contribution >= 0.6 is 11.6 Å².